The van der Waals surface area contributed by atoms with Crippen molar-refractivity contribution in [1.29, 1.82) is 5.26 Å². The zero-order chi connectivity index (χ0) is 21.6. The zero-order valence-corrected chi connectivity index (χ0v) is 17.5. The molecule has 5 rings (SSSR count). The van der Waals surface area contributed by atoms with Gasteiger partial charge in [-0.3, -0.25) is 0 Å². The highest BCUT2D eigenvalue weighted by Gasteiger charge is 2.37. The van der Waals surface area contributed by atoms with Gasteiger partial charge in [-0.05, 0) is 23.8 Å². The molecule has 0 unspecified atom stereocenters. The molecule has 0 N–H and O–H groups in total. The van der Waals surface area contributed by atoms with Gasteiger partial charge in [-0.15, -0.1) is 0 Å². The van der Waals surface area contributed by atoms with E-state index in [0.29, 0.717) is 17.9 Å². The molecule has 0 amide bonds. The molecule has 2 aliphatic rings. The molecule has 152 valence electrons. The minimum atomic E-state index is -3.84. The summed E-state index contributed by atoms with van der Waals surface area (Å²) in [4.78, 5) is 4.10. The van der Waals surface area contributed by atoms with Gasteiger partial charge in [0, 0.05) is 19.2 Å². The third-order valence-electron chi connectivity index (χ3n) is 5.49. The molecule has 0 bridgehead atoms. The highest BCUT2D eigenvalue weighted by molar-refractivity contribution is 7.90. The fourth-order valence-corrected chi connectivity index (χ4v) is 5.33. The summed E-state index contributed by atoms with van der Waals surface area (Å²) in [7, 11) is -1.95. The van der Waals surface area contributed by atoms with Crippen LogP contribution in [0.3, 0.4) is 0 Å². The molecule has 3 aromatic carbocycles. The molecule has 0 aliphatic carbocycles. The Bertz CT molecular complexity index is 1400. The van der Waals surface area contributed by atoms with Crippen molar-refractivity contribution in [3.63, 3.8) is 0 Å². The Balaban J connectivity index is 1.74. The van der Waals surface area contributed by atoms with Crippen LogP contribution in [0.2, 0.25) is 0 Å². The minimum Gasteiger partial charge on any atom is -0.328 e. The molecule has 31 heavy (non-hydrogen) atoms. The highest BCUT2D eigenvalue weighted by Crippen LogP contribution is 2.43. The van der Waals surface area contributed by atoms with Gasteiger partial charge in [-0.25, -0.2) is 0 Å². The van der Waals surface area contributed by atoms with Crippen molar-refractivity contribution in [3.8, 4) is 6.07 Å². The van der Waals surface area contributed by atoms with Crippen LogP contribution in [0.1, 0.15) is 11.1 Å². The first kappa shape index (κ1) is 19.1. The van der Waals surface area contributed by atoms with Gasteiger partial charge < -0.3 is 9.80 Å². The number of hydrogen-bond acceptors (Lipinski definition) is 5. The van der Waals surface area contributed by atoms with Crippen LogP contribution in [-0.4, -0.2) is 21.2 Å². The third kappa shape index (κ3) is 3.00. The topological polar surface area (TPSA) is 76.8 Å². The maximum absolute atomic E-state index is 12.6. The third-order valence-corrected chi connectivity index (χ3v) is 6.83. The van der Waals surface area contributed by atoms with Gasteiger partial charge in [-0.2, -0.15) is 18.1 Å². The Morgan fingerprint density at radius 2 is 1.58 bits per heavy atom. The Morgan fingerprint density at radius 3 is 2.32 bits per heavy atom. The standard InChI is InChI=1S/C24H18N4O2S/c1-27-20-12-6-7-13-21(20)28(16-17-9-3-2-4-10-17)24(27)19(15-25)23-18-11-5-8-14-22(18)31(29,30)26-23/h2-14H,16H2,1H3/b24-19-. The molecule has 0 radical (unpaired) electrons. The molecule has 6 nitrogen and oxygen atoms in total. The van der Waals surface area contributed by atoms with E-state index in [1.165, 1.54) is 6.07 Å². The molecule has 2 aliphatic heterocycles. The molecule has 7 heteroatoms. The molecule has 2 heterocycles. The van der Waals surface area contributed by atoms with Crippen LogP contribution in [0.25, 0.3) is 0 Å². The van der Waals surface area contributed by atoms with Gasteiger partial charge in [0.05, 0.1) is 16.3 Å². The fourth-order valence-electron chi connectivity index (χ4n) is 4.11. The summed E-state index contributed by atoms with van der Waals surface area (Å²) in [5.74, 6) is 0.609. The van der Waals surface area contributed by atoms with Gasteiger partial charge in [-0.1, -0.05) is 60.7 Å². The second-order valence-corrected chi connectivity index (χ2v) is 8.91. The number of anilines is 2. The number of sulfonamides is 1. The van der Waals surface area contributed by atoms with Gasteiger partial charge in [0.2, 0.25) is 0 Å². The monoisotopic (exact) mass is 426 g/mol. The average Bonchev–Trinajstić information content (AvgIpc) is 3.22. The van der Waals surface area contributed by atoms with E-state index < -0.39 is 10.0 Å². The second-order valence-electron chi connectivity index (χ2n) is 7.34. The normalized spacial score (nSPS) is 17.6. The summed E-state index contributed by atoms with van der Waals surface area (Å²) in [5, 5.41) is 10.2. The van der Waals surface area contributed by atoms with Crippen molar-refractivity contribution >= 4 is 27.1 Å². The van der Waals surface area contributed by atoms with Gasteiger partial charge in [0.15, 0.2) is 0 Å². The largest absolute Gasteiger partial charge is 0.328 e. The summed E-state index contributed by atoms with van der Waals surface area (Å²) in [6, 6.07) is 26.7. The van der Waals surface area contributed by atoms with Crippen molar-refractivity contribution in [2.24, 2.45) is 4.40 Å². The number of nitriles is 1. The molecule has 0 aromatic heterocycles. The number of nitrogens with zero attached hydrogens (tertiary/aromatic N) is 4. The lowest BCUT2D eigenvalue weighted by Gasteiger charge is -2.24. The van der Waals surface area contributed by atoms with E-state index in [9.17, 15) is 13.7 Å². The zero-order valence-electron chi connectivity index (χ0n) is 16.7. The van der Waals surface area contributed by atoms with E-state index in [4.69, 9.17) is 0 Å². The van der Waals surface area contributed by atoms with E-state index >= 15 is 0 Å². The molecular weight excluding hydrogens is 408 g/mol. The second kappa shape index (κ2) is 7.11. The van der Waals surface area contributed by atoms with E-state index in [2.05, 4.69) is 10.5 Å². The quantitative estimate of drug-likeness (QED) is 0.590. The van der Waals surface area contributed by atoms with Crippen molar-refractivity contribution in [3.05, 3.63) is 101 Å². The molecule has 0 saturated heterocycles. The number of benzene rings is 3. The summed E-state index contributed by atoms with van der Waals surface area (Å²) < 4.78 is 29.2. The Morgan fingerprint density at radius 1 is 0.935 bits per heavy atom. The van der Waals surface area contributed by atoms with E-state index in [1.807, 2.05) is 71.4 Å². The summed E-state index contributed by atoms with van der Waals surface area (Å²) in [6.45, 7) is 0.532. The van der Waals surface area contributed by atoms with Crippen molar-refractivity contribution in [2.75, 3.05) is 16.8 Å². The van der Waals surface area contributed by atoms with Crippen molar-refractivity contribution in [1.82, 2.24) is 0 Å². The summed E-state index contributed by atoms with van der Waals surface area (Å²) >= 11 is 0. The first-order valence-corrected chi connectivity index (χ1v) is 11.2. The lowest BCUT2D eigenvalue weighted by molar-refractivity contribution is 0.599. The van der Waals surface area contributed by atoms with Crippen LogP contribution < -0.4 is 9.80 Å². The van der Waals surface area contributed by atoms with E-state index in [1.54, 1.807) is 18.2 Å². The molecule has 3 aromatic rings. The molecular formula is C24H18N4O2S. The summed E-state index contributed by atoms with van der Waals surface area (Å²) in [5.41, 5.74) is 3.83. The number of para-hydroxylation sites is 2. The van der Waals surface area contributed by atoms with Gasteiger partial charge in [0.1, 0.15) is 23.2 Å². The predicted molar refractivity (Wildman–Crippen MR) is 120 cm³/mol. The number of allylic oxidation sites excluding steroid dienone is 1. The molecule has 0 atom stereocenters. The number of hydrogen-bond donors (Lipinski definition) is 0. The minimum absolute atomic E-state index is 0.131. The van der Waals surface area contributed by atoms with Crippen LogP contribution >= 0.6 is 0 Å². The van der Waals surface area contributed by atoms with E-state index in [0.717, 1.165) is 16.9 Å². The summed E-state index contributed by atoms with van der Waals surface area (Å²) in [6.07, 6.45) is 0. The van der Waals surface area contributed by atoms with Crippen LogP contribution in [0, 0.1) is 11.3 Å². The number of fused-ring (bicyclic) bond motifs is 2. The first-order chi connectivity index (χ1) is 15.0. The lowest BCUT2D eigenvalue weighted by Crippen LogP contribution is -2.29. The van der Waals surface area contributed by atoms with Gasteiger partial charge in [0.25, 0.3) is 10.0 Å². The number of rotatable bonds is 3. The lowest BCUT2D eigenvalue weighted by atomic mass is 10.0. The fraction of sp³-hybridized carbons (Fsp3) is 0.0833. The van der Waals surface area contributed by atoms with Crippen molar-refractivity contribution in [2.45, 2.75) is 11.4 Å². The highest BCUT2D eigenvalue weighted by atomic mass is 32.2. The van der Waals surface area contributed by atoms with Crippen molar-refractivity contribution < 1.29 is 8.42 Å². The van der Waals surface area contributed by atoms with Gasteiger partial charge >= 0.3 is 0 Å². The average molecular weight is 427 g/mol. The van der Waals surface area contributed by atoms with Crippen LogP contribution in [-0.2, 0) is 16.6 Å². The first-order valence-electron chi connectivity index (χ1n) is 9.74. The Hall–Kier alpha value is -3.89. The maximum Gasteiger partial charge on any atom is 0.283 e. The van der Waals surface area contributed by atoms with Crippen LogP contribution in [0.4, 0.5) is 11.4 Å². The van der Waals surface area contributed by atoms with Crippen LogP contribution in [0.15, 0.2) is 99.6 Å². The predicted octanol–water partition coefficient (Wildman–Crippen LogP) is 4.07. The smallest absolute Gasteiger partial charge is 0.283 e. The molecule has 0 saturated carbocycles. The Kier molecular flexibility index (Phi) is 4.38. The SMILES string of the molecule is CN1/C(=C(\C#N)C2=NS(=O)(=O)c3ccccc32)N(Cc2ccccc2)c2ccccc21. The molecule has 0 spiro atoms. The maximum atomic E-state index is 12.6. The van der Waals surface area contributed by atoms with E-state index in [-0.39, 0.29) is 16.2 Å². The Labute approximate surface area is 181 Å². The molecule has 0 fully saturated rings. The van der Waals surface area contributed by atoms with Crippen LogP contribution in [0.5, 0.6) is 0 Å².